The van der Waals surface area contributed by atoms with Gasteiger partial charge in [0.2, 0.25) is 0 Å². The van der Waals surface area contributed by atoms with Crippen molar-refractivity contribution in [2.75, 3.05) is 27.4 Å². The molecule has 2 aliphatic heterocycles. The number of fused-ring (bicyclic) bond motifs is 5. The molecule has 9 heteroatoms. The summed E-state index contributed by atoms with van der Waals surface area (Å²) in [4.78, 5) is 0. The smallest absolute Gasteiger partial charge is 0.164 e. The predicted octanol–water partition coefficient (Wildman–Crippen LogP) is 1.16. The molecule has 2 aromatic rings. The second kappa shape index (κ2) is 8.57. The van der Waals surface area contributed by atoms with E-state index in [9.17, 15) is 20.4 Å². The highest BCUT2D eigenvalue weighted by atomic mass is 16.5. The molecule has 1 aliphatic carbocycles. The van der Waals surface area contributed by atoms with E-state index in [0.717, 1.165) is 16.9 Å². The maximum Gasteiger partial charge on any atom is 0.164 e. The van der Waals surface area contributed by atoms with Crippen LogP contribution in [0.3, 0.4) is 0 Å². The Hall–Kier alpha value is -2.72. The van der Waals surface area contributed by atoms with Gasteiger partial charge in [0.1, 0.15) is 41.7 Å². The second-order valence-electron chi connectivity index (χ2n) is 8.71. The monoisotopic (exact) mass is 460 g/mol. The third-order valence-corrected chi connectivity index (χ3v) is 6.87. The SMILES string of the molecule is COc1cc2c(cc1OC)C1COc3cc(OC4CC(CO)C(O)C(O)C4O)ccc3C1O2. The first-order valence-corrected chi connectivity index (χ1v) is 11.0. The van der Waals surface area contributed by atoms with Crippen LogP contribution in [0, 0.1) is 5.92 Å². The van der Waals surface area contributed by atoms with Gasteiger partial charge in [-0.25, -0.2) is 0 Å². The molecule has 0 spiro atoms. The van der Waals surface area contributed by atoms with Crippen molar-refractivity contribution in [3.63, 3.8) is 0 Å². The molecule has 3 aliphatic rings. The van der Waals surface area contributed by atoms with Crippen molar-refractivity contribution in [2.24, 2.45) is 5.92 Å². The van der Waals surface area contributed by atoms with E-state index in [1.165, 1.54) is 0 Å². The summed E-state index contributed by atoms with van der Waals surface area (Å²) in [5, 5.41) is 39.9. The maximum absolute atomic E-state index is 10.3. The van der Waals surface area contributed by atoms with E-state index in [2.05, 4.69) is 0 Å². The number of rotatable bonds is 5. The van der Waals surface area contributed by atoms with Crippen LogP contribution in [0.15, 0.2) is 30.3 Å². The van der Waals surface area contributed by atoms with Crippen LogP contribution < -0.4 is 23.7 Å². The molecule has 2 aromatic carbocycles. The topological polar surface area (TPSA) is 127 Å². The van der Waals surface area contributed by atoms with Crippen LogP contribution >= 0.6 is 0 Å². The molecule has 178 valence electrons. The van der Waals surface area contributed by atoms with Gasteiger partial charge < -0.3 is 44.1 Å². The minimum Gasteiger partial charge on any atom is -0.493 e. The molecule has 7 unspecified atom stereocenters. The van der Waals surface area contributed by atoms with Crippen molar-refractivity contribution in [1.82, 2.24) is 0 Å². The van der Waals surface area contributed by atoms with E-state index in [1.807, 2.05) is 18.2 Å². The number of methoxy groups -OCH3 is 2. The van der Waals surface area contributed by atoms with Gasteiger partial charge in [-0.2, -0.15) is 0 Å². The number of aliphatic hydroxyl groups is 4. The highest BCUT2D eigenvalue weighted by Gasteiger charge is 2.44. The molecule has 1 saturated carbocycles. The Morgan fingerprint density at radius 1 is 0.909 bits per heavy atom. The molecule has 0 radical (unpaired) electrons. The summed E-state index contributed by atoms with van der Waals surface area (Å²) in [5.41, 5.74) is 1.87. The van der Waals surface area contributed by atoms with Gasteiger partial charge in [0.25, 0.3) is 0 Å². The molecule has 7 atom stereocenters. The summed E-state index contributed by atoms with van der Waals surface area (Å²) in [7, 11) is 3.18. The van der Waals surface area contributed by atoms with Gasteiger partial charge in [0.05, 0.1) is 32.8 Å². The third-order valence-electron chi connectivity index (χ3n) is 6.87. The lowest BCUT2D eigenvalue weighted by molar-refractivity contribution is -0.156. The average molecular weight is 460 g/mol. The summed E-state index contributed by atoms with van der Waals surface area (Å²) in [6.45, 7) is 0.0990. The lowest BCUT2D eigenvalue weighted by Crippen LogP contribution is -2.56. The fourth-order valence-electron chi connectivity index (χ4n) is 4.99. The summed E-state index contributed by atoms with van der Waals surface area (Å²) >= 11 is 0. The van der Waals surface area contributed by atoms with Gasteiger partial charge >= 0.3 is 0 Å². The molecule has 0 bridgehead atoms. The highest BCUT2D eigenvalue weighted by Crippen LogP contribution is 2.54. The van der Waals surface area contributed by atoms with Gasteiger partial charge in [-0.1, -0.05) is 0 Å². The van der Waals surface area contributed by atoms with Gasteiger partial charge in [0.15, 0.2) is 11.5 Å². The van der Waals surface area contributed by atoms with Crippen LogP contribution in [-0.4, -0.2) is 72.3 Å². The number of benzene rings is 2. The first-order valence-electron chi connectivity index (χ1n) is 11.0. The van der Waals surface area contributed by atoms with Gasteiger partial charge in [-0.3, -0.25) is 0 Å². The number of hydrogen-bond donors (Lipinski definition) is 4. The first-order chi connectivity index (χ1) is 15.9. The molecule has 5 rings (SSSR count). The summed E-state index contributed by atoms with van der Waals surface area (Å²) < 4.78 is 29.0. The van der Waals surface area contributed by atoms with Crippen LogP contribution in [0.1, 0.15) is 29.6 Å². The Labute approximate surface area is 191 Å². The van der Waals surface area contributed by atoms with Gasteiger partial charge in [0, 0.05) is 35.8 Å². The minimum atomic E-state index is -1.39. The van der Waals surface area contributed by atoms with E-state index in [4.69, 9.17) is 23.7 Å². The zero-order valence-corrected chi connectivity index (χ0v) is 18.4. The second-order valence-corrected chi connectivity index (χ2v) is 8.71. The lowest BCUT2D eigenvalue weighted by Gasteiger charge is -2.39. The first kappa shape index (κ1) is 22.1. The zero-order valence-electron chi connectivity index (χ0n) is 18.4. The van der Waals surface area contributed by atoms with Crippen molar-refractivity contribution in [2.45, 2.75) is 42.9 Å². The van der Waals surface area contributed by atoms with E-state index in [-0.39, 0.29) is 25.0 Å². The molecule has 1 fully saturated rings. The van der Waals surface area contributed by atoms with Crippen LogP contribution in [0.25, 0.3) is 0 Å². The van der Waals surface area contributed by atoms with Crippen LogP contribution in [0.4, 0.5) is 0 Å². The molecule has 2 heterocycles. The number of ether oxygens (including phenoxy) is 5. The lowest BCUT2D eigenvalue weighted by atomic mass is 9.81. The maximum atomic E-state index is 10.3. The molecule has 0 amide bonds. The van der Waals surface area contributed by atoms with Crippen LogP contribution in [0.2, 0.25) is 0 Å². The molecule has 0 saturated heterocycles. The standard InChI is InChI=1S/C24H28O9/c1-29-18-7-14-15-10-31-16-6-12(32-20-5-11(9-25)21(26)23(28)22(20)27)3-4-13(16)24(15)33-17(14)8-19(18)30-2/h3-4,6-8,11,15,20-28H,5,9-10H2,1-2H3. The van der Waals surface area contributed by atoms with Crippen molar-refractivity contribution >= 4 is 0 Å². The van der Waals surface area contributed by atoms with Gasteiger partial charge in [-0.05, 0) is 24.6 Å². The molecule has 33 heavy (non-hydrogen) atoms. The fourth-order valence-corrected chi connectivity index (χ4v) is 4.99. The Bertz CT molecular complexity index is 1020. The molecular weight excluding hydrogens is 432 g/mol. The summed E-state index contributed by atoms with van der Waals surface area (Å²) in [5.74, 6) is 2.45. The fraction of sp³-hybridized carbons (Fsp3) is 0.500. The Morgan fingerprint density at radius 3 is 2.39 bits per heavy atom. The van der Waals surface area contributed by atoms with E-state index < -0.39 is 30.3 Å². The van der Waals surface area contributed by atoms with Gasteiger partial charge in [-0.15, -0.1) is 0 Å². The van der Waals surface area contributed by atoms with Crippen molar-refractivity contribution in [3.05, 3.63) is 41.5 Å². The van der Waals surface area contributed by atoms with Crippen molar-refractivity contribution < 1.29 is 44.1 Å². The van der Waals surface area contributed by atoms with E-state index in [1.54, 1.807) is 26.4 Å². The largest absolute Gasteiger partial charge is 0.493 e. The Balaban J connectivity index is 1.37. The van der Waals surface area contributed by atoms with Crippen molar-refractivity contribution in [1.29, 1.82) is 0 Å². The van der Waals surface area contributed by atoms with Crippen LogP contribution in [-0.2, 0) is 0 Å². The predicted molar refractivity (Wildman–Crippen MR) is 115 cm³/mol. The van der Waals surface area contributed by atoms with E-state index in [0.29, 0.717) is 29.6 Å². The molecule has 9 nitrogen and oxygen atoms in total. The normalized spacial score (nSPS) is 32.0. The Morgan fingerprint density at radius 2 is 1.67 bits per heavy atom. The zero-order chi connectivity index (χ0) is 23.3. The summed E-state index contributed by atoms with van der Waals surface area (Å²) in [6, 6.07) is 9.11. The molecule has 0 aromatic heterocycles. The highest BCUT2D eigenvalue weighted by molar-refractivity contribution is 5.57. The Kier molecular flexibility index (Phi) is 5.74. The van der Waals surface area contributed by atoms with Crippen LogP contribution in [0.5, 0.6) is 28.7 Å². The van der Waals surface area contributed by atoms with E-state index >= 15 is 0 Å². The summed E-state index contributed by atoms with van der Waals surface area (Å²) in [6.07, 6.45) is -4.67. The third kappa shape index (κ3) is 3.65. The van der Waals surface area contributed by atoms with Crippen molar-refractivity contribution in [3.8, 4) is 28.7 Å². The molecular formula is C24H28O9. The molecule has 4 N–H and O–H groups in total. The minimum absolute atomic E-state index is 0.00110. The quantitative estimate of drug-likeness (QED) is 0.520. The average Bonchev–Trinajstić information content (AvgIpc) is 3.21. The number of aliphatic hydroxyl groups excluding tert-OH is 4. The number of hydrogen-bond acceptors (Lipinski definition) is 9.